The normalized spacial score (nSPS) is 46.0. The maximum Gasteiger partial charge on any atom is 0.0898 e. The van der Waals surface area contributed by atoms with Crippen LogP contribution in [0, 0.1) is 28.6 Å². The number of hydrogen-bond donors (Lipinski definition) is 2. The van der Waals surface area contributed by atoms with E-state index in [9.17, 15) is 10.2 Å². The van der Waals surface area contributed by atoms with E-state index >= 15 is 0 Å². The quantitative estimate of drug-likeness (QED) is 0.375. The third-order valence-corrected chi connectivity index (χ3v) is 9.48. The second kappa shape index (κ2) is 9.69. The molecule has 0 aliphatic heterocycles. The van der Waals surface area contributed by atoms with Gasteiger partial charge in [0.2, 0.25) is 0 Å². The van der Waals surface area contributed by atoms with Crippen molar-refractivity contribution in [3.8, 4) is 0 Å². The van der Waals surface area contributed by atoms with Crippen LogP contribution in [0.2, 0.25) is 0 Å². The van der Waals surface area contributed by atoms with E-state index in [1.165, 1.54) is 18.4 Å². The van der Waals surface area contributed by atoms with Gasteiger partial charge in [-0.05, 0) is 86.4 Å². The van der Waals surface area contributed by atoms with Crippen LogP contribution in [0.5, 0.6) is 0 Å². The molecule has 0 spiro atoms. The van der Waals surface area contributed by atoms with Gasteiger partial charge in [0.15, 0.2) is 0 Å². The van der Waals surface area contributed by atoms with Crippen molar-refractivity contribution in [3.63, 3.8) is 0 Å². The van der Waals surface area contributed by atoms with Gasteiger partial charge >= 0.3 is 0 Å². The summed E-state index contributed by atoms with van der Waals surface area (Å²) >= 11 is 0. The summed E-state index contributed by atoms with van der Waals surface area (Å²) in [6.45, 7) is 15.9. The Morgan fingerprint density at radius 1 is 1.13 bits per heavy atom. The lowest BCUT2D eigenvalue weighted by Gasteiger charge is -2.62. The Morgan fingerprint density at radius 2 is 1.87 bits per heavy atom. The van der Waals surface area contributed by atoms with Crippen molar-refractivity contribution in [3.05, 3.63) is 24.3 Å². The molecule has 3 fully saturated rings. The van der Waals surface area contributed by atoms with Gasteiger partial charge in [-0.3, -0.25) is 0 Å². The maximum atomic E-state index is 12.0. The zero-order valence-electron chi connectivity index (χ0n) is 20.8. The molecule has 0 bridgehead atoms. The van der Waals surface area contributed by atoms with E-state index in [0.717, 1.165) is 51.6 Å². The minimum absolute atomic E-state index is 0.125. The number of aliphatic hydroxyl groups excluding tert-OH is 1. The molecule has 2 N–H and O–H groups in total. The summed E-state index contributed by atoms with van der Waals surface area (Å²) in [4.78, 5) is 0. The van der Waals surface area contributed by atoms with Crippen molar-refractivity contribution < 1.29 is 14.9 Å². The fourth-order valence-electron chi connectivity index (χ4n) is 7.83. The number of rotatable bonds is 6. The molecule has 3 saturated carbocycles. The molecule has 0 saturated heterocycles. The Hall–Kier alpha value is -0.640. The van der Waals surface area contributed by atoms with Crippen LogP contribution in [0.3, 0.4) is 0 Å². The number of hydrogen-bond acceptors (Lipinski definition) is 3. The van der Waals surface area contributed by atoms with Crippen molar-refractivity contribution >= 4 is 0 Å². The topological polar surface area (TPSA) is 49.7 Å². The highest BCUT2D eigenvalue weighted by atomic mass is 16.5. The molecule has 3 nitrogen and oxygen atoms in total. The molecular weight excluding hydrogens is 384 g/mol. The van der Waals surface area contributed by atoms with Crippen molar-refractivity contribution in [2.45, 2.75) is 117 Å². The molecule has 8 atom stereocenters. The van der Waals surface area contributed by atoms with Crippen LogP contribution >= 0.6 is 0 Å². The largest absolute Gasteiger partial charge is 0.393 e. The summed E-state index contributed by atoms with van der Waals surface area (Å²) in [5.74, 6) is 1.26. The van der Waals surface area contributed by atoms with Crippen LogP contribution in [0.15, 0.2) is 24.3 Å². The Balaban J connectivity index is 0.00000132. The second-order valence-electron chi connectivity index (χ2n) is 11.0. The molecule has 0 amide bonds. The van der Waals surface area contributed by atoms with Crippen molar-refractivity contribution in [2.75, 3.05) is 6.61 Å². The van der Waals surface area contributed by atoms with E-state index in [2.05, 4.69) is 33.4 Å². The van der Waals surface area contributed by atoms with Gasteiger partial charge in [0.1, 0.15) is 0 Å². The maximum absolute atomic E-state index is 12.0. The first-order valence-electron chi connectivity index (χ1n) is 13.1. The average Bonchev–Trinajstić information content (AvgIpc) is 3.08. The summed E-state index contributed by atoms with van der Waals surface area (Å²) in [7, 11) is 0. The number of ether oxygens (including phenoxy) is 1. The summed E-state index contributed by atoms with van der Waals surface area (Å²) < 4.78 is 6.42. The molecule has 4 aliphatic rings. The first-order valence-corrected chi connectivity index (χ1v) is 13.1. The Labute approximate surface area is 191 Å². The van der Waals surface area contributed by atoms with E-state index in [1.807, 2.05) is 19.9 Å². The average molecular weight is 433 g/mol. The zero-order chi connectivity index (χ0) is 22.9. The number of fused-ring (bicyclic) bond motifs is 5. The van der Waals surface area contributed by atoms with Crippen LogP contribution in [0.4, 0.5) is 0 Å². The highest BCUT2D eigenvalue weighted by Crippen LogP contribution is 2.67. The second-order valence-corrected chi connectivity index (χ2v) is 11.0. The van der Waals surface area contributed by atoms with Gasteiger partial charge in [-0.25, -0.2) is 0 Å². The molecule has 0 heterocycles. The number of aliphatic hydroxyl groups is 2. The molecule has 3 heteroatoms. The van der Waals surface area contributed by atoms with Crippen molar-refractivity contribution in [1.29, 1.82) is 0 Å². The fourth-order valence-corrected chi connectivity index (χ4v) is 7.83. The van der Waals surface area contributed by atoms with E-state index in [-0.39, 0.29) is 22.9 Å². The van der Waals surface area contributed by atoms with Crippen LogP contribution in [-0.2, 0) is 4.74 Å². The van der Waals surface area contributed by atoms with Gasteiger partial charge in [0.25, 0.3) is 0 Å². The molecule has 0 aromatic rings. The third-order valence-electron chi connectivity index (χ3n) is 9.48. The first-order chi connectivity index (χ1) is 14.8. The Morgan fingerprint density at radius 3 is 2.55 bits per heavy atom. The van der Waals surface area contributed by atoms with Crippen LogP contribution in [0.25, 0.3) is 0 Å². The van der Waals surface area contributed by atoms with E-state index in [0.29, 0.717) is 24.4 Å². The SMILES string of the molecule is C=CCC1(O)C=C2CC(O)CCC2(C)C2CCC3(C)C(OCCCC)CCC3C21.CC. The predicted octanol–water partition coefficient (Wildman–Crippen LogP) is 6.44. The lowest BCUT2D eigenvalue weighted by molar-refractivity contribution is -0.151. The standard InChI is InChI=1S/C26H42O3.C2H6/c1-5-7-15-29-22-9-8-20-23-21(11-14-25(20,22)4)24(3)13-10-19(27)16-18(24)17-26(23,28)12-6-2;1-2/h6,17,19-23,27-28H,2,5,7-16H2,1,3-4H3;1-2H3. The highest BCUT2D eigenvalue weighted by Gasteiger charge is 2.64. The lowest BCUT2D eigenvalue weighted by atomic mass is 9.44. The lowest BCUT2D eigenvalue weighted by Crippen LogP contribution is -2.60. The molecule has 4 aliphatic carbocycles. The van der Waals surface area contributed by atoms with Gasteiger partial charge in [0, 0.05) is 6.61 Å². The molecule has 4 rings (SSSR count). The van der Waals surface area contributed by atoms with E-state index < -0.39 is 5.60 Å². The van der Waals surface area contributed by atoms with E-state index in [1.54, 1.807) is 0 Å². The Bertz CT molecular complexity index is 657. The van der Waals surface area contributed by atoms with Gasteiger partial charge in [-0.1, -0.05) is 58.8 Å². The van der Waals surface area contributed by atoms with Gasteiger partial charge in [0.05, 0.1) is 17.8 Å². The Kier molecular flexibility index (Phi) is 7.81. The fraction of sp³-hybridized carbons (Fsp3) is 0.857. The third kappa shape index (κ3) is 4.20. The molecule has 8 unspecified atom stereocenters. The van der Waals surface area contributed by atoms with Crippen LogP contribution in [0.1, 0.15) is 98.8 Å². The first kappa shape index (κ1) is 25.0. The van der Waals surface area contributed by atoms with Crippen molar-refractivity contribution in [1.82, 2.24) is 0 Å². The summed E-state index contributed by atoms with van der Waals surface area (Å²) in [6.07, 6.45) is 14.4. The molecule has 0 aromatic carbocycles. The minimum atomic E-state index is -0.830. The molecule has 0 radical (unpaired) electrons. The minimum Gasteiger partial charge on any atom is -0.393 e. The summed E-state index contributed by atoms with van der Waals surface area (Å²) in [5, 5.41) is 22.3. The highest BCUT2D eigenvalue weighted by molar-refractivity contribution is 5.32. The monoisotopic (exact) mass is 432 g/mol. The van der Waals surface area contributed by atoms with Gasteiger partial charge < -0.3 is 14.9 Å². The molecular formula is C28H48O3. The van der Waals surface area contributed by atoms with Crippen LogP contribution in [-0.4, -0.2) is 34.6 Å². The van der Waals surface area contributed by atoms with Gasteiger partial charge in [-0.2, -0.15) is 0 Å². The summed E-state index contributed by atoms with van der Waals surface area (Å²) in [6, 6.07) is 0. The van der Waals surface area contributed by atoms with Crippen molar-refractivity contribution in [2.24, 2.45) is 28.6 Å². The molecule has 0 aromatic heterocycles. The van der Waals surface area contributed by atoms with Crippen LogP contribution < -0.4 is 0 Å². The van der Waals surface area contributed by atoms with Gasteiger partial charge in [-0.15, -0.1) is 6.58 Å². The zero-order valence-corrected chi connectivity index (χ0v) is 20.8. The molecule has 178 valence electrons. The number of unbranched alkanes of at least 4 members (excludes halogenated alkanes) is 1. The molecule has 31 heavy (non-hydrogen) atoms. The smallest absolute Gasteiger partial charge is 0.0898 e. The predicted molar refractivity (Wildman–Crippen MR) is 129 cm³/mol. The summed E-state index contributed by atoms with van der Waals surface area (Å²) in [5.41, 5.74) is 0.766. The van der Waals surface area contributed by atoms with E-state index in [4.69, 9.17) is 4.74 Å².